The molecule has 0 unspecified atom stereocenters. The van der Waals surface area contributed by atoms with Crippen molar-refractivity contribution < 1.29 is 24.9 Å². The fraction of sp³-hybridized carbons (Fsp3) is 0.118. The van der Waals surface area contributed by atoms with Gasteiger partial charge in [-0.25, -0.2) is 0 Å². The molecule has 0 aliphatic rings. The molecule has 0 atom stereocenters. The first-order valence-corrected chi connectivity index (χ1v) is 6.57. The Bertz CT molecular complexity index is 719. The molecule has 0 spiro atoms. The van der Waals surface area contributed by atoms with Crippen LogP contribution < -0.4 is 4.74 Å². The zero-order valence-electron chi connectivity index (χ0n) is 12.0. The minimum Gasteiger partial charge on any atom is -0.508 e. The van der Waals surface area contributed by atoms with Crippen LogP contribution in [-0.2, 0) is 6.61 Å². The van der Waals surface area contributed by atoms with E-state index < -0.39 is 0 Å². The number of phenols is 2. The second kappa shape index (κ2) is 6.78. The summed E-state index contributed by atoms with van der Waals surface area (Å²) in [4.78, 5) is 12.1. The third-order valence-corrected chi connectivity index (χ3v) is 3.17. The summed E-state index contributed by atoms with van der Waals surface area (Å²) in [6.07, 6.45) is 2.97. The third kappa shape index (κ3) is 3.45. The maximum absolute atomic E-state index is 12.1. The molecule has 0 heterocycles. The summed E-state index contributed by atoms with van der Waals surface area (Å²) < 4.78 is 5.00. The van der Waals surface area contributed by atoms with Gasteiger partial charge in [0.05, 0.1) is 13.7 Å². The lowest BCUT2D eigenvalue weighted by Crippen LogP contribution is -1.96. The van der Waals surface area contributed by atoms with Gasteiger partial charge < -0.3 is 20.1 Å². The molecule has 0 amide bonds. The third-order valence-electron chi connectivity index (χ3n) is 3.17. The number of carbonyl (C=O) groups is 1. The summed E-state index contributed by atoms with van der Waals surface area (Å²) in [5.74, 6) is 0.0342. The normalized spacial score (nSPS) is 10.8. The Balaban J connectivity index is 2.21. The summed E-state index contributed by atoms with van der Waals surface area (Å²) in [6, 6.07) is 9.04. The van der Waals surface area contributed by atoms with Crippen LogP contribution in [0.15, 0.2) is 42.5 Å². The Hall–Kier alpha value is -2.79. The number of ether oxygens (including phenoxy) is 1. The van der Waals surface area contributed by atoms with E-state index in [2.05, 4.69) is 0 Å². The van der Waals surface area contributed by atoms with Gasteiger partial charge in [0.1, 0.15) is 5.75 Å². The van der Waals surface area contributed by atoms with E-state index in [9.17, 15) is 15.0 Å². The van der Waals surface area contributed by atoms with E-state index in [0.29, 0.717) is 22.4 Å². The Labute approximate surface area is 127 Å². The molecule has 0 saturated heterocycles. The van der Waals surface area contributed by atoms with Crippen molar-refractivity contribution in [2.24, 2.45) is 0 Å². The number of aliphatic hydroxyl groups is 1. The van der Waals surface area contributed by atoms with Gasteiger partial charge in [0, 0.05) is 11.1 Å². The van der Waals surface area contributed by atoms with E-state index in [4.69, 9.17) is 9.84 Å². The minimum atomic E-state index is -0.341. The molecule has 22 heavy (non-hydrogen) atoms. The molecule has 0 bridgehead atoms. The largest absolute Gasteiger partial charge is 0.508 e. The van der Waals surface area contributed by atoms with Gasteiger partial charge >= 0.3 is 0 Å². The highest BCUT2D eigenvalue weighted by atomic mass is 16.5. The van der Waals surface area contributed by atoms with Crippen LogP contribution in [0.5, 0.6) is 17.2 Å². The molecule has 5 nitrogen and oxygen atoms in total. The molecule has 0 aromatic heterocycles. The Morgan fingerprint density at radius 1 is 1.14 bits per heavy atom. The predicted octanol–water partition coefficient (Wildman–Crippen LogP) is 2.49. The van der Waals surface area contributed by atoms with Crippen LogP contribution in [-0.4, -0.2) is 28.2 Å². The van der Waals surface area contributed by atoms with Gasteiger partial charge in [-0.05, 0) is 42.0 Å². The smallest absolute Gasteiger partial charge is 0.185 e. The van der Waals surface area contributed by atoms with Gasteiger partial charge in [0.25, 0.3) is 0 Å². The lowest BCUT2D eigenvalue weighted by molar-refractivity contribution is 0.104. The SMILES string of the molecule is COc1cc(/C=C/C(=O)c2ccc(O)c(CO)c2)ccc1O. The van der Waals surface area contributed by atoms with Gasteiger partial charge in [-0.3, -0.25) is 4.79 Å². The molecule has 5 heteroatoms. The van der Waals surface area contributed by atoms with Gasteiger partial charge in [-0.2, -0.15) is 0 Å². The molecular weight excluding hydrogens is 284 g/mol. The lowest BCUT2D eigenvalue weighted by atomic mass is 10.1. The van der Waals surface area contributed by atoms with Crippen LogP contribution in [0.2, 0.25) is 0 Å². The maximum atomic E-state index is 12.1. The molecule has 0 fully saturated rings. The zero-order valence-corrected chi connectivity index (χ0v) is 12.0. The second-order valence-electron chi connectivity index (χ2n) is 4.63. The highest BCUT2D eigenvalue weighted by molar-refractivity contribution is 6.07. The maximum Gasteiger partial charge on any atom is 0.185 e. The molecule has 2 aromatic carbocycles. The fourth-order valence-electron chi connectivity index (χ4n) is 1.93. The Morgan fingerprint density at radius 2 is 1.86 bits per heavy atom. The van der Waals surface area contributed by atoms with E-state index in [1.54, 1.807) is 18.2 Å². The summed E-state index contributed by atoms with van der Waals surface area (Å²) in [5, 5.41) is 28.1. The Morgan fingerprint density at radius 3 is 2.55 bits per heavy atom. The first-order chi connectivity index (χ1) is 10.5. The fourth-order valence-corrected chi connectivity index (χ4v) is 1.93. The second-order valence-corrected chi connectivity index (χ2v) is 4.63. The van der Waals surface area contributed by atoms with Crippen molar-refractivity contribution in [1.29, 1.82) is 0 Å². The quantitative estimate of drug-likeness (QED) is 0.583. The van der Waals surface area contributed by atoms with Crippen LogP contribution >= 0.6 is 0 Å². The molecule has 2 aromatic rings. The van der Waals surface area contributed by atoms with Gasteiger partial charge in [-0.1, -0.05) is 12.1 Å². The van der Waals surface area contributed by atoms with E-state index in [0.717, 1.165) is 0 Å². The van der Waals surface area contributed by atoms with E-state index in [1.807, 2.05) is 0 Å². The molecule has 0 aliphatic heterocycles. The molecule has 114 valence electrons. The number of aliphatic hydroxyl groups excluding tert-OH is 1. The van der Waals surface area contributed by atoms with Crippen molar-refractivity contribution in [3.8, 4) is 17.2 Å². The molecule has 0 saturated carbocycles. The van der Waals surface area contributed by atoms with E-state index >= 15 is 0 Å². The number of allylic oxidation sites excluding steroid dienone is 1. The first-order valence-electron chi connectivity index (χ1n) is 6.57. The number of hydrogen-bond donors (Lipinski definition) is 3. The number of hydrogen-bond acceptors (Lipinski definition) is 5. The van der Waals surface area contributed by atoms with Crippen molar-refractivity contribution >= 4 is 11.9 Å². The molecule has 0 aliphatic carbocycles. The van der Waals surface area contributed by atoms with Crippen LogP contribution in [0.3, 0.4) is 0 Å². The summed E-state index contributed by atoms with van der Waals surface area (Å²) in [6.45, 7) is -0.341. The van der Waals surface area contributed by atoms with Crippen molar-refractivity contribution in [3.63, 3.8) is 0 Å². The topological polar surface area (TPSA) is 87.0 Å². The number of aromatic hydroxyl groups is 2. The first kappa shape index (κ1) is 15.6. The number of ketones is 1. The monoisotopic (exact) mass is 300 g/mol. The van der Waals surface area contributed by atoms with E-state index in [1.165, 1.54) is 37.5 Å². The zero-order chi connectivity index (χ0) is 16.1. The number of methoxy groups -OCH3 is 1. The van der Waals surface area contributed by atoms with Crippen molar-refractivity contribution in [3.05, 3.63) is 59.2 Å². The van der Waals surface area contributed by atoms with Crippen LogP contribution in [0.1, 0.15) is 21.5 Å². The number of rotatable bonds is 5. The number of phenolic OH excluding ortho intramolecular Hbond substituents is 1. The highest BCUT2D eigenvalue weighted by Crippen LogP contribution is 2.27. The lowest BCUT2D eigenvalue weighted by Gasteiger charge is -2.04. The Kier molecular flexibility index (Phi) is 4.80. The minimum absolute atomic E-state index is 0.0251. The molecule has 2 rings (SSSR count). The average Bonchev–Trinajstić information content (AvgIpc) is 2.54. The van der Waals surface area contributed by atoms with Gasteiger partial charge in [-0.15, -0.1) is 0 Å². The van der Waals surface area contributed by atoms with E-state index in [-0.39, 0.29) is 23.9 Å². The molecule has 3 N–H and O–H groups in total. The van der Waals surface area contributed by atoms with Gasteiger partial charge in [0.15, 0.2) is 17.3 Å². The van der Waals surface area contributed by atoms with Crippen molar-refractivity contribution in [2.45, 2.75) is 6.61 Å². The number of carbonyl (C=O) groups excluding carboxylic acids is 1. The van der Waals surface area contributed by atoms with Crippen molar-refractivity contribution in [1.82, 2.24) is 0 Å². The summed E-state index contributed by atoms with van der Waals surface area (Å²) in [7, 11) is 1.45. The number of benzene rings is 2. The summed E-state index contributed by atoms with van der Waals surface area (Å²) >= 11 is 0. The average molecular weight is 300 g/mol. The highest BCUT2D eigenvalue weighted by Gasteiger charge is 2.07. The predicted molar refractivity (Wildman–Crippen MR) is 82.1 cm³/mol. The summed E-state index contributed by atoms with van der Waals surface area (Å²) in [5.41, 5.74) is 1.36. The molecule has 0 radical (unpaired) electrons. The van der Waals surface area contributed by atoms with Crippen LogP contribution in [0, 0.1) is 0 Å². The van der Waals surface area contributed by atoms with Gasteiger partial charge in [0.2, 0.25) is 0 Å². The standard InChI is InChI=1S/C17H16O5/c1-22-17-8-11(3-6-16(17)21)2-5-14(19)12-4-7-15(20)13(9-12)10-18/h2-9,18,20-21H,10H2,1H3/b5-2+. The molecular formula is C17H16O5. The van der Waals surface area contributed by atoms with Crippen molar-refractivity contribution in [2.75, 3.05) is 7.11 Å². The van der Waals surface area contributed by atoms with Crippen LogP contribution in [0.25, 0.3) is 6.08 Å². The van der Waals surface area contributed by atoms with Crippen LogP contribution in [0.4, 0.5) is 0 Å².